The van der Waals surface area contributed by atoms with Crippen LogP contribution < -0.4 is 9.62 Å². The molecule has 1 aliphatic heterocycles. The summed E-state index contributed by atoms with van der Waals surface area (Å²) in [4.78, 5) is 27.4. The highest BCUT2D eigenvalue weighted by atomic mass is 32.2. The fourth-order valence-corrected chi connectivity index (χ4v) is 5.17. The van der Waals surface area contributed by atoms with E-state index in [9.17, 15) is 18.0 Å². The number of rotatable bonds is 8. The van der Waals surface area contributed by atoms with Crippen LogP contribution in [-0.4, -0.2) is 51.0 Å². The molecule has 0 radical (unpaired) electrons. The Bertz CT molecular complexity index is 1090. The molecule has 1 heterocycles. The topological polar surface area (TPSA) is 86.8 Å². The molecule has 2 amide bonds. The Labute approximate surface area is 196 Å². The number of hydrogen-bond donors (Lipinski definition) is 1. The molecule has 1 fully saturated rings. The van der Waals surface area contributed by atoms with Crippen molar-refractivity contribution in [2.45, 2.75) is 46.0 Å². The van der Waals surface area contributed by atoms with Gasteiger partial charge in [-0.25, -0.2) is 8.42 Å². The summed E-state index contributed by atoms with van der Waals surface area (Å²) < 4.78 is 26.1. The van der Waals surface area contributed by atoms with Gasteiger partial charge >= 0.3 is 0 Å². The Morgan fingerprint density at radius 2 is 1.64 bits per heavy atom. The minimum absolute atomic E-state index is 0.0660. The largest absolute Gasteiger partial charge is 0.339 e. The molecule has 0 spiro atoms. The number of anilines is 2. The zero-order valence-electron chi connectivity index (χ0n) is 19.6. The minimum Gasteiger partial charge on any atom is -0.339 e. The van der Waals surface area contributed by atoms with Crippen LogP contribution in [0.5, 0.6) is 0 Å². The van der Waals surface area contributed by atoms with Crippen LogP contribution >= 0.6 is 0 Å². The minimum atomic E-state index is -3.49. The van der Waals surface area contributed by atoms with Gasteiger partial charge < -0.3 is 10.2 Å². The smallest absolute Gasteiger partial charge is 0.255 e. The van der Waals surface area contributed by atoms with E-state index in [2.05, 4.69) is 5.32 Å². The summed E-state index contributed by atoms with van der Waals surface area (Å²) in [7, 11) is -3.49. The molecule has 2 aromatic rings. The van der Waals surface area contributed by atoms with Gasteiger partial charge in [0.1, 0.15) is 0 Å². The fourth-order valence-electron chi connectivity index (χ4n) is 4.22. The van der Waals surface area contributed by atoms with Gasteiger partial charge in [0.2, 0.25) is 15.9 Å². The number of carbonyl (C=O) groups is 2. The number of likely N-dealkylation sites (tertiary alicyclic amines) is 1. The first-order valence-electron chi connectivity index (χ1n) is 11.4. The van der Waals surface area contributed by atoms with E-state index in [1.807, 2.05) is 36.9 Å². The molecular weight excluding hydrogens is 438 g/mol. The molecule has 3 rings (SSSR count). The van der Waals surface area contributed by atoms with E-state index in [-0.39, 0.29) is 24.8 Å². The van der Waals surface area contributed by atoms with Gasteiger partial charge in [-0.3, -0.25) is 13.9 Å². The van der Waals surface area contributed by atoms with Gasteiger partial charge in [-0.15, -0.1) is 0 Å². The van der Waals surface area contributed by atoms with Crippen molar-refractivity contribution in [1.82, 2.24) is 4.90 Å². The van der Waals surface area contributed by atoms with Gasteiger partial charge in [-0.1, -0.05) is 18.2 Å². The third-order valence-electron chi connectivity index (χ3n) is 5.73. The first-order chi connectivity index (χ1) is 15.6. The van der Waals surface area contributed by atoms with Crippen LogP contribution in [0.3, 0.4) is 0 Å². The summed E-state index contributed by atoms with van der Waals surface area (Å²) in [6.45, 7) is 5.52. The van der Waals surface area contributed by atoms with Gasteiger partial charge in [-0.2, -0.15) is 0 Å². The van der Waals surface area contributed by atoms with Gasteiger partial charge in [0.25, 0.3) is 5.91 Å². The molecule has 0 unspecified atom stereocenters. The van der Waals surface area contributed by atoms with Gasteiger partial charge in [0.05, 0.1) is 23.2 Å². The standard InChI is InChI=1S/C25H33N3O4S/c1-19-16-20(2)18-21(17-19)28(33(3,31)32)15-9-12-24(29)26-23-11-6-5-10-22(23)25(30)27-13-7-4-8-14-27/h5-6,10-11,16-18H,4,7-9,12-15H2,1-3H3,(H,26,29). The van der Waals surface area contributed by atoms with Crippen molar-refractivity contribution in [3.8, 4) is 0 Å². The second-order valence-electron chi connectivity index (χ2n) is 8.73. The average Bonchev–Trinajstić information content (AvgIpc) is 2.75. The second-order valence-corrected chi connectivity index (χ2v) is 10.6. The lowest BCUT2D eigenvalue weighted by Crippen LogP contribution is -2.36. The average molecular weight is 472 g/mol. The highest BCUT2D eigenvalue weighted by Gasteiger charge is 2.22. The third kappa shape index (κ3) is 6.81. The molecule has 33 heavy (non-hydrogen) atoms. The summed E-state index contributed by atoms with van der Waals surface area (Å²) >= 11 is 0. The van der Waals surface area contributed by atoms with Gasteiger partial charge in [0, 0.05) is 26.1 Å². The van der Waals surface area contributed by atoms with Crippen molar-refractivity contribution >= 4 is 33.2 Å². The second kappa shape index (κ2) is 10.8. The number of hydrogen-bond acceptors (Lipinski definition) is 4. The number of aryl methyl sites for hydroxylation is 2. The lowest BCUT2D eigenvalue weighted by molar-refractivity contribution is -0.116. The van der Waals surface area contributed by atoms with E-state index in [0.29, 0.717) is 23.4 Å². The van der Waals surface area contributed by atoms with Gasteiger partial charge in [0.15, 0.2) is 0 Å². The molecule has 0 aromatic heterocycles. The van der Waals surface area contributed by atoms with E-state index in [0.717, 1.165) is 43.5 Å². The molecule has 178 valence electrons. The molecule has 8 heteroatoms. The molecule has 0 saturated carbocycles. The predicted molar refractivity (Wildman–Crippen MR) is 132 cm³/mol. The SMILES string of the molecule is Cc1cc(C)cc(N(CCCC(=O)Nc2ccccc2C(=O)N2CCCCC2)S(C)(=O)=O)c1. The number of carbonyl (C=O) groups excluding carboxylic acids is 2. The summed E-state index contributed by atoms with van der Waals surface area (Å²) in [6, 6.07) is 12.7. The maximum atomic E-state index is 12.9. The maximum Gasteiger partial charge on any atom is 0.255 e. The number of sulfonamides is 1. The Hall–Kier alpha value is -2.87. The molecule has 0 bridgehead atoms. The Balaban J connectivity index is 1.64. The summed E-state index contributed by atoms with van der Waals surface area (Å²) in [5, 5.41) is 2.85. The highest BCUT2D eigenvalue weighted by molar-refractivity contribution is 7.92. The van der Waals surface area contributed by atoms with Crippen molar-refractivity contribution in [2.24, 2.45) is 0 Å². The Kier molecular flexibility index (Phi) is 8.13. The first kappa shape index (κ1) is 24.8. The number of benzene rings is 2. The number of amides is 2. The number of para-hydroxylation sites is 1. The normalized spacial score (nSPS) is 14.1. The molecule has 1 aliphatic rings. The lowest BCUT2D eigenvalue weighted by Gasteiger charge is -2.27. The van der Waals surface area contributed by atoms with Crippen molar-refractivity contribution in [1.29, 1.82) is 0 Å². The van der Waals surface area contributed by atoms with Crippen LogP contribution in [0, 0.1) is 13.8 Å². The number of nitrogens with one attached hydrogen (secondary N) is 1. The van der Waals surface area contributed by atoms with Gasteiger partial charge in [-0.05, 0) is 74.9 Å². The fraction of sp³-hybridized carbons (Fsp3) is 0.440. The molecule has 2 aromatic carbocycles. The maximum absolute atomic E-state index is 12.9. The molecular formula is C25H33N3O4S. The van der Waals surface area contributed by atoms with E-state index in [4.69, 9.17) is 0 Å². The number of piperidine rings is 1. The van der Waals surface area contributed by atoms with E-state index < -0.39 is 10.0 Å². The van der Waals surface area contributed by atoms with E-state index >= 15 is 0 Å². The third-order valence-corrected chi connectivity index (χ3v) is 6.93. The summed E-state index contributed by atoms with van der Waals surface area (Å²) in [5.41, 5.74) is 3.54. The molecule has 1 saturated heterocycles. The molecule has 1 N–H and O–H groups in total. The molecule has 7 nitrogen and oxygen atoms in total. The van der Waals surface area contributed by atoms with Crippen LogP contribution in [0.15, 0.2) is 42.5 Å². The zero-order valence-corrected chi connectivity index (χ0v) is 20.5. The lowest BCUT2D eigenvalue weighted by atomic mass is 10.1. The summed E-state index contributed by atoms with van der Waals surface area (Å²) in [5.74, 6) is -0.313. The van der Waals surface area contributed by atoms with E-state index in [1.54, 1.807) is 24.3 Å². The van der Waals surface area contributed by atoms with Crippen LogP contribution in [0.25, 0.3) is 0 Å². The monoisotopic (exact) mass is 471 g/mol. The Morgan fingerprint density at radius 3 is 2.27 bits per heavy atom. The van der Waals surface area contributed by atoms with Crippen molar-refractivity contribution < 1.29 is 18.0 Å². The van der Waals surface area contributed by atoms with E-state index in [1.165, 1.54) is 10.6 Å². The zero-order chi connectivity index (χ0) is 24.0. The first-order valence-corrected chi connectivity index (χ1v) is 13.2. The Morgan fingerprint density at radius 1 is 1.00 bits per heavy atom. The van der Waals surface area contributed by atoms with Crippen molar-refractivity contribution in [3.05, 3.63) is 59.2 Å². The molecule has 0 aliphatic carbocycles. The van der Waals surface area contributed by atoms with Crippen LogP contribution in [0.4, 0.5) is 11.4 Å². The highest BCUT2D eigenvalue weighted by Crippen LogP contribution is 2.23. The predicted octanol–water partition coefficient (Wildman–Crippen LogP) is 4.11. The van der Waals surface area contributed by atoms with Crippen LogP contribution in [-0.2, 0) is 14.8 Å². The molecule has 0 atom stereocenters. The van der Waals surface area contributed by atoms with Crippen molar-refractivity contribution in [2.75, 3.05) is 35.5 Å². The van der Waals surface area contributed by atoms with Crippen LogP contribution in [0.2, 0.25) is 0 Å². The number of nitrogens with zero attached hydrogens (tertiary/aromatic N) is 2. The van der Waals surface area contributed by atoms with Crippen molar-refractivity contribution in [3.63, 3.8) is 0 Å². The quantitative estimate of drug-likeness (QED) is 0.628. The summed E-state index contributed by atoms with van der Waals surface area (Å²) in [6.07, 6.45) is 4.80. The van der Waals surface area contributed by atoms with Crippen LogP contribution in [0.1, 0.15) is 53.6 Å².